The fraction of sp³-hybridized carbons (Fsp3) is 0.571. The standard InChI is InChI=1S/C21H25F2N7O/c1-13-9-21(22,23)5-7-29(13)17-8-19(28-11-14-2-3-15(12-28)31-14)27-30-18(17)10-24-20(30)16-4-6-25-26-16/h4,6,8,10,13-15H,2-3,5,7,9,11-12H2,1H3,(H,25,26)/t13-,14?,15?/m0/s1. The van der Waals surface area contributed by atoms with E-state index in [0.717, 1.165) is 43.0 Å². The summed E-state index contributed by atoms with van der Waals surface area (Å²) in [6.07, 6.45) is 5.79. The average molecular weight is 429 g/mol. The van der Waals surface area contributed by atoms with Crippen molar-refractivity contribution in [2.75, 3.05) is 29.4 Å². The van der Waals surface area contributed by atoms with Gasteiger partial charge in [0, 0.05) is 50.8 Å². The first-order valence-corrected chi connectivity index (χ1v) is 10.9. The molecule has 3 fully saturated rings. The zero-order chi connectivity index (χ0) is 21.2. The lowest BCUT2D eigenvalue weighted by molar-refractivity contribution is -0.0318. The van der Waals surface area contributed by atoms with Crippen LogP contribution in [0.3, 0.4) is 0 Å². The number of alkyl halides is 2. The summed E-state index contributed by atoms with van der Waals surface area (Å²) in [5.41, 5.74) is 2.38. The van der Waals surface area contributed by atoms with Crippen LogP contribution in [0.15, 0.2) is 24.5 Å². The number of fused-ring (bicyclic) bond motifs is 3. The number of nitrogens with zero attached hydrogens (tertiary/aromatic N) is 6. The summed E-state index contributed by atoms with van der Waals surface area (Å²) in [5.74, 6) is -1.17. The highest BCUT2D eigenvalue weighted by atomic mass is 19.3. The number of halogens is 2. The zero-order valence-electron chi connectivity index (χ0n) is 17.3. The highest BCUT2D eigenvalue weighted by Crippen LogP contribution is 2.38. The van der Waals surface area contributed by atoms with Crippen LogP contribution in [0.1, 0.15) is 32.6 Å². The van der Waals surface area contributed by atoms with Crippen LogP contribution in [0, 0.1) is 0 Å². The van der Waals surface area contributed by atoms with Gasteiger partial charge in [-0.1, -0.05) is 0 Å². The molecule has 6 rings (SSSR count). The molecular formula is C21H25F2N7O. The molecule has 1 N–H and O–H groups in total. The Balaban J connectivity index is 1.47. The average Bonchev–Trinajstić information content (AvgIpc) is 3.46. The summed E-state index contributed by atoms with van der Waals surface area (Å²) in [5, 5.41) is 12.0. The Morgan fingerprint density at radius 1 is 1.23 bits per heavy atom. The predicted octanol–water partition coefficient (Wildman–Crippen LogP) is 3.11. The summed E-state index contributed by atoms with van der Waals surface area (Å²) in [7, 11) is 0. The topological polar surface area (TPSA) is 74.6 Å². The molecule has 10 heteroatoms. The Bertz CT molecular complexity index is 1090. The summed E-state index contributed by atoms with van der Waals surface area (Å²) in [6.45, 7) is 3.73. The van der Waals surface area contributed by atoms with E-state index in [1.807, 2.05) is 19.1 Å². The molecule has 0 amide bonds. The third-order valence-corrected chi connectivity index (χ3v) is 6.72. The van der Waals surface area contributed by atoms with Crippen molar-refractivity contribution in [3.8, 4) is 11.5 Å². The summed E-state index contributed by atoms with van der Waals surface area (Å²) in [4.78, 5) is 8.90. The zero-order valence-corrected chi connectivity index (χ0v) is 17.3. The minimum absolute atomic E-state index is 0.150. The van der Waals surface area contributed by atoms with Crippen molar-refractivity contribution in [2.45, 2.75) is 56.8 Å². The van der Waals surface area contributed by atoms with Crippen molar-refractivity contribution >= 4 is 17.0 Å². The van der Waals surface area contributed by atoms with Gasteiger partial charge in [-0.25, -0.2) is 18.3 Å². The Labute approximate surface area is 178 Å². The maximum atomic E-state index is 14.0. The van der Waals surface area contributed by atoms with Crippen LogP contribution in [0.2, 0.25) is 0 Å². The number of morpholine rings is 1. The molecule has 164 valence electrons. The van der Waals surface area contributed by atoms with Crippen LogP contribution in [0.5, 0.6) is 0 Å². The number of aromatic amines is 1. The molecule has 0 saturated carbocycles. The van der Waals surface area contributed by atoms with E-state index in [1.165, 1.54) is 0 Å². The molecular weight excluding hydrogens is 404 g/mol. The summed E-state index contributed by atoms with van der Waals surface area (Å²) < 4.78 is 35.8. The Morgan fingerprint density at radius 2 is 2.03 bits per heavy atom. The summed E-state index contributed by atoms with van der Waals surface area (Å²) >= 11 is 0. The number of rotatable bonds is 3. The van der Waals surface area contributed by atoms with Crippen molar-refractivity contribution in [3.63, 3.8) is 0 Å². The molecule has 31 heavy (non-hydrogen) atoms. The van der Waals surface area contributed by atoms with Gasteiger partial charge in [0.25, 0.3) is 5.92 Å². The molecule has 0 aliphatic carbocycles. The van der Waals surface area contributed by atoms with Gasteiger partial charge in [0.1, 0.15) is 11.2 Å². The van der Waals surface area contributed by atoms with Gasteiger partial charge in [-0.15, -0.1) is 5.10 Å². The lowest BCUT2D eigenvalue weighted by Crippen LogP contribution is -2.46. The van der Waals surface area contributed by atoms with Gasteiger partial charge in [0.05, 0.1) is 24.1 Å². The van der Waals surface area contributed by atoms with Crippen molar-refractivity contribution < 1.29 is 13.5 Å². The molecule has 3 aliphatic heterocycles. The number of anilines is 2. The van der Waals surface area contributed by atoms with Crippen LogP contribution < -0.4 is 9.80 Å². The highest BCUT2D eigenvalue weighted by molar-refractivity contribution is 5.78. The first kappa shape index (κ1) is 19.0. The fourth-order valence-electron chi connectivity index (χ4n) is 5.20. The van der Waals surface area contributed by atoms with Gasteiger partial charge in [-0.3, -0.25) is 5.10 Å². The van der Waals surface area contributed by atoms with Gasteiger partial charge in [-0.2, -0.15) is 5.10 Å². The SMILES string of the molecule is C[C@H]1CC(F)(F)CCN1c1cc(N2CC3CCC(C2)O3)nn2c(-c3cc[nH]n3)ncc12. The molecule has 0 radical (unpaired) electrons. The van der Waals surface area contributed by atoms with Crippen LogP contribution in [-0.2, 0) is 4.74 Å². The Morgan fingerprint density at radius 3 is 2.74 bits per heavy atom. The van der Waals surface area contributed by atoms with Crippen LogP contribution in [0.25, 0.3) is 17.0 Å². The molecule has 8 nitrogen and oxygen atoms in total. The summed E-state index contributed by atoms with van der Waals surface area (Å²) in [6, 6.07) is 3.60. The van der Waals surface area contributed by atoms with E-state index in [2.05, 4.69) is 25.0 Å². The quantitative estimate of drug-likeness (QED) is 0.690. The molecule has 2 bridgehead atoms. The minimum atomic E-state index is -2.62. The number of hydrogen-bond donors (Lipinski definition) is 1. The number of imidazole rings is 1. The van der Waals surface area contributed by atoms with Crippen molar-refractivity contribution in [2.24, 2.45) is 0 Å². The molecule has 2 unspecified atom stereocenters. The second kappa shape index (κ2) is 6.88. The maximum absolute atomic E-state index is 14.0. The van der Waals surface area contributed by atoms with Crippen molar-refractivity contribution in [1.29, 1.82) is 0 Å². The monoisotopic (exact) mass is 429 g/mol. The first-order chi connectivity index (χ1) is 15.0. The fourth-order valence-corrected chi connectivity index (χ4v) is 5.20. The number of ether oxygens (including phenoxy) is 1. The van der Waals surface area contributed by atoms with Crippen LogP contribution >= 0.6 is 0 Å². The van der Waals surface area contributed by atoms with E-state index in [-0.39, 0.29) is 31.1 Å². The second-order valence-electron chi connectivity index (χ2n) is 8.94. The highest BCUT2D eigenvalue weighted by Gasteiger charge is 2.40. The molecule has 0 spiro atoms. The van der Waals surface area contributed by atoms with E-state index < -0.39 is 5.92 Å². The van der Waals surface area contributed by atoms with E-state index in [4.69, 9.17) is 9.84 Å². The van der Waals surface area contributed by atoms with Crippen LogP contribution in [-0.4, -0.2) is 68.6 Å². The number of nitrogens with one attached hydrogen (secondary N) is 1. The van der Waals surface area contributed by atoms with E-state index >= 15 is 0 Å². The largest absolute Gasteiger partial charge is 0.371 e. The molecule has 3 aromatic heterocycles. The number of aromatic nitrogens is 5. The normalized spacial score (nSPS) is 27.9. The molecule has 3 aliphatic rings. The Hall–Kier alpha value is -2.75. The molecule has 3 aromatic rings. The number of H-pyrrole nitrogens is 1. The van der Waals surface area contributed by atoms with Gasteiger partial charge in [0.15, 0.2) is 11.6 Å². The Kier molecular flexibility index (Phi) is 4.21. The number of hydrogen-bond acceptors (Lipinski definition) is 6. The van der Waals surface area contributed by atoms with Crippen molar-refractivity contribution in [1.82, 2.24) is 24.8 Å². The van der Waals surface area contributed by atoms with Crippen molar-refractivity contribution in [3.05, 3.63) is 24.5 Å². The van der Waals surface area contributed by atoms with Gasteiger partial charge in [0.2, 0.25) is 0 Å². The van der Waals surface area contributed by atoms with E-state index in [0.29, 0.717) is 18.1 Å². The predicted molar refractivity (Wildman–Crippen MR) is 112 cm³/mol. The molecule has 3 atom stereocenters. The number of piperidine rings is 1. The van der Waals surface area contributed by atoms with Gasteiger partial charge < -0.3 is 14.5 Å². The van der Waals surface area contributed by atoms with Gasteiger partial charge in [-0.05, 0) is 25.8 Å². The molecule has 6 heterocycles. The van der Waals surface area contributed by atoms with Gasteiger partial charge >= 0.3 is 0 Å². The third kappa shape index (κ3) is 3.24. The second-order valence-corrected chi connectivity index (χ2v) is 8.94. The lowest BCUT2D eigenvalue weighted by Gasteiger charge is -2.40. The maximum Gasteiger partial charge on any atom is 0.251 e. The third-order valence-electron chi connectivity index (χ3n) is 6.72. The lowest BCUT2D eigenvalue weighted by atomic mass is 9.99. The van der Waals surface area contributed by atoms with Crippen LogP contribution in [0.4, 0.5) is 20.3 Å². The molecule has 0 aromatic carbocycles. The first-order valence-electron chi connectivity index (χ1n) is 10.9. The van der Waals surface area contributed by atoms with E-state index in [9.17, 15) is 8.78 Å². The smallest absolute Gasteiger partial charge is 0.251 e. The minimum Gasteiger partial charge on any atom is -0.371 e. The molecule has 3 saturated heterocycles. The van der Waals surface area contributed by atoms with E-state index in [1.54, 1.807) is 16.9 Å².